The number of aryl methyl sites for hydroxylation is 1. The van der Waals surface area contributed by atoms with Crippen LogP contribution < -0.4 is 0 Å². The highest BCUT2D eigenvalue weighted by Crippen LogP contribution is 2.19. The van der Waals surface area contributed by atoms with E-state index >= 15 is 0 Å². The van der Waals surface area contributed by atoms with Gasteiger partial charge in [-0.05, 0) is 31.5 Å². The Kier molecular flexibility index (Phi) is 8.48. The van der Waals surface area contributed by atoms with Crippen LogP contribution in [0.15, 0.2) is 59.8 Å². The lowest BCUT2D eigenvalue weighted by Gasteiger charge is -2.26. The van der Waals surface area contributed by atoms with Crippen LogP contribution in [0.25, 0.3) is 0 Å². The van der Waals surface area contributed by atoms with Crippen molar-refractivity contribution >= 4 is 28.1 Å². The minimum Gasteiger partial charge on any atom is -0.454 e. The molecule has 0 N–H and O–H groups in total. The first-order valence-electron chi connectivity index (χ1n) is 8.65. The van der Waals surface area contributed by atoms with Crippen molar-refractivity contribution in [1.82, 2.24) is 0 Å². The maximum absolute atomic E-state index is 12.5. The molecule has 0 spiro atoms. The fourth-order valence-corrected chi connectivity index (χ4v) is 2.82. The van der Waals surface area contributed by atoms with Gasteiger partial charge in [-0.1, -0.05) is 69.1 Å². The van der Waals surface area contributed by atoms with E-state index in [0.29, 0.717) is 12.2 Å². The van der Waals surface area contributed by atoms with Gasteiger partial charge in [-0.3, -0.25) is 0 Å². The number of carbonyl (C=O) groups excluding carboxylic acids is 1. The molecule has 0 fully saturated rings. The normalized spacial score (nSPS) is 14.5. The van der Waals surface area contributed by atoms with E-state index < -0.39 is 18.2 Å². The van der Waals surface area contributed by atoms with Crippen molar-refractivity contribution in [3.8, 4) is 0 Å². The Labute approximate surface area is 168 Å². The fourth-order valence-electron chi connectivity index (χ4n) is 2.41. The molecule has 0 saturated carbocycles. The maximum Gasteiger partial charge on any atom is 0.338 e. The summed E-state index contributed by atoms with van der Waals surface area (Å²) in [6.45, 7) is 4.22. The van der Waals surface area contributed by atoms with Crippen LogP contribution in [0, 0.1) is 6.92 Å². The summed E-state index contributed by atoms with van der Waals surface area (Å²) in [5.74, 6) is -0.412. The van der Waals surface area contributed by atoms with Crippen molar-refractivity contribution in [3.05, 3.63) is 71.3 Å². The fraction of sp³-hybridized carbons (Fsp3) is 0.333. The van der Waals surface area contributed by atoms with Gasteiger partial charge in [-0.25, -0.2) is 4.79 Å². The average molecular weight is 434 g/mol. The van der Waals surface area contributed by atoms with Crippen LogP contribution in [0.2, 0.25) is 0 Å². The number of hydrogen-bond acceptors (Lipinski definition) is 5. The van der Waals surface area contributed by atoms with Crippen molar-refractivity contribution in [3.63, 3.8) is 0 Å². The first-order valence-corrected chi connectivity index (χ1v) is 9.56. The highest BCUT2D eigenvalue weighted by molar-refractivity contribution is 9.09. The summed E-state index contributed by atoms with van der Waals surface area (Å²) in [7, 11) is 1.45. The number of esters is 1. The Hall–Kier alpha value is -2.18. The molecule has 0 aromatic heterocycles. The second kappa shape index (κ2) is 10.8. The minimum atomic E-state index is -0.582. The zero-order valence-electron chi connectivity index (χ0n) is 15.7. The zero-order chi connectivity index (χ0) is 19.6. The van der Waals surface area contributed by atoms with E-state index in [4.69, 9.17) is 14.3 Å². The van der Waals surface area contributed by atoms with Crippen molar-refractivity contribution < 1.29 is 19.1 Å². The molecule has 2 aromatic carbocycles. The van der Waals surface area contributed by atoms with Crippen molar-refractivity contribution in [2.45, 2.75) is 37.5 Å². The third-order valence-corrected chi connectivity index (χ3v) is 4.43. The lowest BCUT2D eigenvalue weighted by atomic mass is 10.1. The van der Waals surface area contributed by atoms with E-state index in [1.807, 2.05) is 56.3 Å². The topological polar surface area (TPSA) is 57.1 Å². The molecule has 0 radical (unpaired) electrons. The number of halogens is 1. The number of hydrogen-bond donors (Lipinski definition) is 0. The number of benzene rings is 2. The molecule has 0 aliphatic rings. The molecule has 144 valence electrons. The Bertz CT molecular complexity index is 732. The largest absolute Gasteiger partial charge is 0.454 e. The summed E-state index contributed by atoms with van der Waals surface area (Å²) in [5, 5.41) is 3.82. The van der Waals surface area contributed by atoms with E-state index in [2.05, 4.69) is 21.1 Å². The molecule has 27 heavy (non-hydrogen) atoms. The van der Waals surface area contributed by atoms with Gasteiger partial charge in [-0.15, -0.1) is 0 Å². The van der Waals surface area contributed by atoms with Gasteiger partial charge in [0.25, 0.3) is 0 Å². The molecule has 0 aliphatic heterocycles. The van der Waals surface area contributed by atoms with Crippen LogP contribution in [0.1, 0.15) is 28.4 Å². The van der Waals surface area contributed by atoms with E-state index in [1.54, 1.807) is 12.1 Å². The summed E-state index contributed by atoms with van der Waals surface area (Å²) >= 11 is 3.51. The quantitative estimate of drug-likeness (QED) is 0.252. The molecule has 0 heterocycles. The number of alkyl halides is 1. The summed E-state index contributed by atoms with van der Waals surface area (Å²) in [4.78, 5) is 17.2. The van der Waals surface area contributed by atoms with Crippen LogP contribution in [0.3, 0.4) is 0 Å². The Morgan fingerprint density at radius 3 is 2.41 bits per heavy atom. The van der Waals surface area contributed by atoms with Gasteiger partial charge in [0, 0.05) is 0 Å². The summed E-state index contributed by atoms with van der Waals surface area (Å²) in [6.07, 6.45) is 0.351. The van der Waals surface area contributed by atoms with Crippen LogP contribution >= 0.6 is 15.9 Å². The molecule has 5 nitrogen and oxygen atoms in total. The second-order valence-corrected chi connectivity index (χ2v) is 7.56. The van der Waals surface area contributed by atoms with Gasteiger partial charge in [-0.2, -0.15) is 0 Å². The molecular formula is C21H24BrNO4. The van der Waals surface area contributed by atoms with Crippen LogP contribution in [0.5, 0.6) is 0 Å². The lowest BCUT2D eigenvalue weighted by molar-refractivity contribution is -0.0282. The molecule has 0 amide bonds. The molecule has 0 bridgehead atoms. The molecule has 2 aromatic rings. The van der Waals surface area contributed by atoms with Gasteiger partial charge >= 0.3 is 5.97 Å². The predicted molar refractivity (Wildman–Crippen MR) is 109 cm³/mol. The number of rotatable bonds is 9. The zero-order valence-corrected chi connectivity index (χ0v) is 17.3. The van der Waals surface area contributed by atoms with E-state index in [-0.39, 0.29) is 4.83 Å². The summed E-state index contributed by atoms with van der Waals surface area (Å²) < 4.78 is 11.7. The highest BCUT2D eigenvalue weighted by atomic mass is 79.9. The molecule has 6 heteroatoms. The number of ether oxygens (including phenoxy) is 2. The SMILES string of the molecule is CO/N=C\[C@H](OCc1ccccc1)[C@@H](OC(=O)c1ccc(C)cc1)[C@H](C)Br. The molecule has 2 rings (SSSR count). The lowest BCUT2D eigenvalue weighted by Crippen LogP contribution is -2.40. The van der Waals surface area contributed by atoms with Crippen LogP contribution in [-0.2, 0) is 20.9 Å². The average Bonchev–Trinajstić information content (AvgIpc) is 2.67. The number of nitrogens with zero attached hydrogens (tertiary/aromatic N) is 1. The molecule has 3 atom stereocenters. The van der Waals surface area contributed by atoms with Crippen LogP contribution in [0.4, 0.5) is 0 Å². The van der Waals surface area contributed by atoms with Gasteiger partial charge in [0.05, 0.1) is 23.2 Å². The third kappa shape index (κ3) is 6.81. The minimum absolute atomic E-state index is 0.157. The second-order valence-electron chi connectivity index (χ2n) is 6.11. The number of carbonyl (C=O) groups is 1. The van der Waals surface area contributed by atoms with E-state index in [9.17, 15) is 4.79 Å². The first kappa shape index (κ1) is 21.1. The van der Waals surface area contributed by atoms with Crippen molar-refractivity contribution in [2.75, 3.05) is 7.11 Å². The van der Waals surface area contributed by atoms with Gasteiger partial charge in [0.15, 0.2) is 0 Å². The van der Waals surface area contributed by atoms with Crippen LogP contribution in [-0.4, -0.2) is 36.3 Å². The molecule has 0 saturated heterocycles. The van der Waals surface area contributed by atoms with Gasteiger partial charge in [0.1, 0.15) is 19.3 Å². The summed E-state index contributed by atoms with van der Waals surface area (Å²) in [6, 6.07) is 17.0. The molecule has 0 unspecified atom stereocenters. The maximum atomic E-state index is 12.5. The molecular weight excluding hydrogens is 410 g/mol. The smallest absolute Gasteiger partial charge is 0.338 e. The third-order valence-electron chi connectivity index (χ3n) is 3.91. The van der Waals surface area contributed by atoms with Crippen molar-refractivity contribution in [2.24, 2.45) is 5.16 Å². The highest BCUT2D eigenvalue weighted by Gasteiger charge is 2.30. The standard InChI is InChI=1S/C21H24BrNO4/c1-15-9-11-18(12-10-15)21(24)27-20(16(2)22)19(13-23-25-3)26-14-17-7-5-4-6-8-17/h4-13,16,19-20H,14H2,1-3H3/b23-13-/t16-,19-,20-/m0/s1. The van der Waals surface area contributed by atoms with E-state index in [0.717, 1.165) is 11.1 Å². The Morgan fingerprint density at radius 1 is 1.15 bits per heavy atom. The van der Waals surface area contributed by atoms with E-state index in [1.165, 1.54) is 13.3 Å². The molecule has 0 aliphatic carbocycles. The Balaban J connectivity index is 2.13. The summed E-state index contributed by atoms with van der Waals surface area (Å²) in [5.41, 5.74) is 2.58. The first-order chi connectivity index (χ1) is 13.0. The monoisotopic (exact) mass is 433 g/mol. The number of oxime groups is 1. The van der Waals surface area contributed by atoms with Gasteiger partial charge in [0.2, 0.25) is 0 Å². The predicted octanol–water partition coefficient (Wildman–Crippen LogP) is 4.52. The Morgan fingerprint density at radius 2 is 1.81 bits per heavy atom. The van der Waals surface area contributed by atoms with Crippen molar-refractivity contribution in [1.29, 1.82) is 0 Å². The van der Waals surface area contributed by atoms with Gasteiger partial charge < -0.3 is 14.3 Å².